The van der Waals surface area contributed by atoms with Gasteiger partial charge in [0.2, 0.25) is 5.91 Å². The molecule has 3 heteroatoms. The first-order chi connectivity index (χ1) is 9.35. The predicted molar refractivity (Wildman–Crippen MR) is 85.4 cm³/mol. The third-order valence-corrected chi connectivity index (χ3v) is 4.88. The highest BCUT2D eigenvalue weighted by atomic mass is 16.2. The van der Waals surface area contributed by atoms with E-state index in [0.717, 1.165) is 51.2 Å². The van der Waals surface area contributed by atoms with Crippen LogP contribution >= 0.6 is 0 Å². The van der Waals surface area contributed by atoms with E-state index in [2.05, 4.69) is 32.6 Å². The Morgan fingerprint density at radius 3 is 2.60 bits per heavy atom. The van der Waals surface area contributed by atoms with E-state index < -0.39 is 0 Å². The first-order valence-electron chi connectivity index (χ1n) is 8.33. The molecule has 1 aliphatic heterocycles. The lowest BCUT2D eigenvalue weighted by atomic mass is 9.87. The van der Waals surface area contributed by atoms with Crippen molar-refractivity contribution >= 4 is 5.91 Å². The van der Waals surface area contributed by atoms with Crippen LogP contribution in [-0.4, -0.2) is 30.4 Å². The summed E-state index contributed by atoms with van der Waals surface area (Å²) in [5, 5.41) is 0. The Morgan fingerprint density at radius 2 is 2.00 bits per heavy atom. The van der Waals surface area contributed by atoms with Crippen molar-refractivity contribution in [2.24, 2.45) is 23.0 Å². The van der Waals surface area contributed by atoms with E-state index in [1.807, 2.05) is 0 Å². The van der Waals surface area contributed by atoms with Crippen molar-refractivity contribution in [2.45, 2.75) is 66.2 Å². The quantitative estimate of drug-likeness (QED) is 0.727. The van der Waals surface area contributed by atoms with Crippen LogP contribution in [0.4, 0.5) is 0 Å². The maximum atomic E-state index is 12.1. The molecule has 1 fully saturated rings. The van der Waals surface area contributed by atoms with Crippen LogP contribution in [0.2, 0.25) is 0 Å². The molecule has 0 saturated carbocycles. The molecule has 1 unspecified atom stereocenters. The number of hydrogen-bond donors (Lipinski definition) is 1. The summed E-state index contributed by atoms with van der Waals surface area (Å²) in [6, 6.07) is 0. The second-order valence-corrected chi connectivity index (χ2v) is 7.54. The van der Waals surface area contributed by atoms with Crippen molar-refractivity contribution in [3.63, 3.8) is 0 Å². The molecule has 0 bridgehead atoms. The number of nitrogens with two attached hydrogens (primary N) is 1. The smallest absolute Gasteiger partial charge is 0.222 e. The predicted octanol–water partition coefficient (Wildman–Crippen LogP) is 3.43. The molecular formula is C17H34N2O. The van der Waals surface area contributed by atoms with Crippen molar-refractivity contribution in [2.75, 3.05) is 19.6 Å². The highest BCUT2D eigenvalue weighted by Crippen LogP contribution is 2.26. The zero-order valence-electron chi connectivity index (χ0n) is 14.0. The topological polar surface area (TPSA) is 46.3 Å². The minimum atomic E-state index is 0.242. The Kier molecular flexibility index (Phi) is 7.01. The zero-order chi connectivity index (χ0) is 15.2. The Balaban J connectivity index is 2.31. The normalized spacial score (nSPS) is 21.4. The van der Waals surface area contributed by atoms with Gasteiger partial charge in [-0.05, 0) is 49.5 Å². The molecule has 1 atom stereocenters. The number of likely N-dealkylation sites (tertiary alicyclic amines) is 1. The number of rotatable bonds is 7. The standard InChI is InChI=1S/C17H34N2O/c1-14(2)15-7-8-16(20)19(12-9-15)11-6-5-10-17(3,4)13-18/h14-15H,5-13,18H2,1-4H3. The van der Waals surface area contributed by atoms with E-state index in [-0.39, 0.29) is 5.41 Å². The average molecular weight is 282 g/mol. The van der Waals surface area contributed by atoms with Crippen LogP contribution in [0, 0.1) is 17.3 Å². The first kappa shape index (κ1) is 17.5. The fourth-order valence-corrected chi connectivity index (χ4v) is 2.97. The van der Waals surface area contributed by atoms with Gasteiger partial charge in [-0.25, -0.2) is 0 Å². The highest BCUT2D eigenvalue weighted by molar-refractivity contribution is 5.76. The van der Waals surface area contributed by atoms with Crippen LogP contribution in [0.5, 0.6) is 0 Å². The lowest BCUT2D eigenvalue weighted by Crippen LogP contribution is -2.31. The fraction of sp³-hybridized carbons (Fsp3) is 0.941. The lowest BCUT2D eigenvalue weighted by molar-refractivity contribution is -0.130. The van der Waals surface area contributed by atoms with Crippen LogP contribution < -0.4 is 5.73 Å². The summed E-state index contributed by atoms with van der Waals surface area (Å²) in [7, 11) is 0. The minimum Gasteiger partial charge on any atom is -0.343 e. The SMILES string of the molecule is CC(C)C1CCC(=O)N(CCCCC(C)(C)CN)CC1. The lowest BCUT2D eigenvalue weighted by Gasteiger charge is -2.24. The van der Waals surface area contributed by atoms with Crippen molar-refractivity contribution in [3.05, 3.63) is 0 Å². The van der Waals surface area contributed by atoms with Crippen molar-refractivity contribution in [1.29, 1.82) is 0 Å². The second-order valence-electron chi connectivity index (χ2n) is 7.54. The molecule has 0 aromatic carbocycles. The van der Waals surface area contributed by atoms with Gasteiger partial charge in [0.05, 0.1) is 0 Å². The van der Waals surface area contributed by atoms with Gasteiger partial charge in [-0.3, -0.25) is 4.79 Å². The van der Waals surface area contributed by atoms with E-state index >= 15 is 0 Å². The molecule has 0 aromatic rings. The molecule has 2 N–H and O–H groups in total. The van der Waals surface area contributed by atoms with Crippen LogP contribution in [0.1, 0.15) is 66.2 Å². The van der Waals surface area contributed by atoms with Gasteiger partial charge in [0.25, 0.3) is 0 Å². The molecule has 118 valence electrons. The third kappa shape index (κ3) is 5.82. The molecular weight excluding hydrogens is 248 g/mol. The van der Waals surface area contributed by atoms with Crippen LogP contribution in [0.3, 0.4) is 0 Å². The van der Waals surface area contributed by atoms with E-state index in [1.54, 1.807) is 0 Å². The molecule has 1 rings (SSSR count). The molecule has 1 aliphatic rings. The summed E-state index contributed by atoms with van der Waals surface area (Å²) in [5.41, 5.74) is 5.99. The number of carbonyl (C=O) groups is 1. The van der Waals surface area contributed by atoms with Gasteiger partial charge in [-0.2, -0.15) is 0 Å². The molecule has 1 saturated heterocycles. The fourth-order valence-electron chi connectivity index (χ4n) is 2.97. The van der Waals surface area contributed by atoms with E-state index in [9.17, 15) is 4.79 Å². The summed E-state index contributed by atoms with van der Waals surface area (Å²) < 4.78 is 0. The molecule has 1 heterocycles. The molecule has 1 amide bonds. The largest absolute Gasteiger partial charge is 0.343 e. The molecule has 20 heavy (non-hydrogen) atoms. The van der Waals surface area contributed by atoms with Gasteiger partial charge in [0, 0.05) is 19.5 Å². The van der Waals surface area contributed by atoms with Gasteiger partial charge in [-0.15, -0.1) is 0 Å². The van der Waals surface area contributed by atoms with E-state index in [0.29, 0.717) is 11.8 Å². The number of unbranched alkanes of at least 4 members (excludes halogenated alkanes) is 1. The number of hydrogen-bond acceptors (Lipinski definition) is 2. The zero-order valence-corrected chi connectivity index (χ0v) is 14.0. The average Bonchev–Trinajstić information content (AvgIpc) is 2.57. The molecule has 3 nitrogen and oxygen atoms in total. The summed E-state index contributed by atoms with van der Waals surface area (Å²) in [6.45, 7) is 11.6. The molecule has 0 radical (unpaired) electrons. The first-order valence-corrected chi connectivity index (χ1v) is 8.33. The summed E-state index contributed by atoms with van der Waals surface area (Å²) in [5.74, 6) is 1.79. The van der Waals surface area contributed by atoms with Crippen LogP contribution in [-0.2, 0) is 4.79 Å². The molecule has 0 aromatic heterocycles. The highest BCUT2D eigenvalue weighted by Gasteiger charge is 2.24. The van der Waals surface area contributed by atoms with Gasteiger partial charge < -0.3 is 10.6 Å². The van der Waals surface area contributed by atoms with E-state index in [4.69, 9.17) is 5.73 Å². The summed E-state index contributed by atoms with van der Waals surface area (Å²) in [6.07, 6.45) is 6.44. The minimum absolute atomic E-state index is 0.242. The van der Waals surface area contributed by atoms with Crippen molar-refractivity contribution in [3.8, 4) is 0 Å². The van der Waals surface area contributed by atoms with Crippen molar-refractivity contribution < 1.29 is 4.79 Å². The maximum Gasteiger partial charge on any atom is 0.222 e. The monoisotopic (exact) mass is 282 g/mol. The van der Waals surface area contributed by atoms with Gasteiger partial charge in [0.1, 0.15) is 0 Å². The summed E-state index contributed by atoms with van der Waals surface area (Å²) in [4.78, 5) is 14.2. The Bertz CT molecular complexity index is 299. The second kappa shape index (κ2) is 8.02. The van der Waals surface area contributed by atoms with E-state index in [1.165, 1.54) is 12.8 Å². The molecule has 0 aliphatic carbocycles. The van der Waals surface area contributed by atoms with Crippen molar-refractivity contribution in [1.82, 2.24) is 4.90 Å². The van der Waals surface area contributed by atoms with Gasteiger partial charge in [-0.1, -0.05) is 34.1 Å². The van der Waals surface area contributed by atoms with Gasteiger partial charge in [0.15, 0.2) is 0 Å². The van der Waals surface area contributed by atoms with Gasteiger partial charge >= 0.3 is 0 Å². The Labute approximate surface area is 125 Å². The molecule has 0 spiro atoms. The Morgan fingerprint density at radius 1 is 1.30 bits per heavy atom. The third-order valence-electron chi connectivity index (χ3n) is 4.88. The van der Waals surface area contributed by atoms with Crippen LogP contribution in [0.15, 0.2) is 0 Å². The summed E-state index contributed by atoms with van der Waals surface area (Å²) >= 11 is 0. The Hall–Kier alpha value is -0.570. The number of amides is 1. The number of nitrogens with zero attached hydrogens (tertiary/aromatic N) is 1. The number of carbonyl (C=O) groups excluding carboxylic acids is 1. The van der Waals surface area contributed by atoms with Crippen LogP contribution in [0.25, 0.3) is 0 Å². The maximum absolute atomic E-state index is 12.1.